The lowest BCUT2D eigenvalue weighted by Gasteiger charge is -2.11. The molecule has 9 heteroatoms. The summed E-state index contributed by atoms with van der Waals surface area (Å²) >= 11 is 5.25. The van der Waals surface area contributed by atoms with Crippen molar-refractivity contribution in [1.82, 2.24) is 9.55 Å². The standard InChI is InChI=1S/C23H20N6O2S/c24-20(28-25)16-8-6-15(7-9-16)19-11-10-17(26-19)12-18-21(30)27-23(32)29(22(18)31)13-14-4-2-1-3-5-14/h1-12,31H,13,25H2,(H2,24,28)(H,27,30,32). The van der Waals surface area contributed by atoms with Gasteiger partial charge in [0, 0.05) is 11.1 Å². The number of H-pyrrole nitrogens is 1. The smallest absolute Gasteiger partial charge is 0.262 e. The van der Waals surface area contributed by atoms with E-state index in [9.17, 15) is 9.90 Å². The fourth-order valence-corrected chi connectivity index (χ4v) is 3.51. The highest BCUT2D eigenvalue weighted by Crippen LogP contribution is 2.22. The molecule has 0 saturated carbocycles. The van der Waals surface area contributed by atoms with Crippen LogP contribution in [0, 0.1) is 4.77 Å². The zero-order valence-corrected chi connectivity index (χ0v) is 17.7. The number of nitrogens with two attached hydrogens (primary N) is 2. The van der Waals surface area contributed by atoms with E-state index in [0.29, 0.717) is 23.5 Å². The molecule has 3 aromatic rings. The molecular weight excluding hydrogens is 424 g/mol. The van der Waals surface area contributed by atoms with Gasteiger partial charge in [-0.25, -0.2) is 4.99 Å². The Morgan fingerprint density at radius 3 is 2.56 bits per heavy atom. The number of nitrogens with one attached hydrogen (secondary N) is 1. The Morgan fingerprint density at radius 1 is 1.16 bits per heavy atom. The number of rotatable bonds is 5. The van der Waals surface area contributed by atoms with Crippen LogP contribution in [0.1, 0.15) is 22.3 Å². The van der Waals surface area contributed by atoms with Crippen LogP contribution < -0.4 is 17.1 Å². The van der Waals surface area contributed by atoms with Crippen LogP contribution >= 0.6 is 12.2 Å². The maximum atomic E-state index is 12.5. The number of hydrogen-bond acceptors (Lipinski definition) is 6. The first-order chi connectivity index (χ1) is 15.5. The van der Waals surface area contributed by atoms with Crippen LogP contribution in [0.2, 0.25) is 0 Å². The van der Waals surface area contributed by atoms with Gasteiger partial charge in [-0.1, -0.05) is 54.6 Å². The van der Waals surface area contributed by atoms with Gasteiger partial charge < -0.3 is 16.7 Å². The van der Waals surface area contributed by atoms with Crippen molar-refractivity contribution < 1.29 is 5.11 Å². The van der Waals surface area contributed by atoms with Crippen LogP contribution in [-0.4, -0.2) is 26.2 Å². The van der Waals surface area contributed by atoms with Crippen molar-refractivity contribution in [2.45, 2.75) is 6.54 Å². The second-order valence-corrected chi connectivity index (χ2v) is 7.45. The number of hydrazone groups is 1. The zero-order chi connectivity index (χ0) is 22.7. The molecule has 0 fully saturated rings. The summed E-state index contributed by atoms with van der Waals surface area (Å²) in [6.07, 6.45) is 5.12. The van der Waals surface area contributed by atoms with Crippen LogP contribution in [0.4, 0.5) is 0 Å². The molecule has 6 N–H and O–H groups in total. The number of aromatic hydroxyl groups is 1. The molecule has 160 valence electrons. The molecule has 1 aliphatic rings. The van der Waals surface area contributed by atoms with Crippen molar-refractivity contribution in [3.8, 4) is 5.88 Å². The molecule has 2 aromatic carbocycles. The Kier molecular flexibility index (Phi) is 5.82. The van der Waals surface area contributed by atoms with E-state index in [0.717, 1.165) is 11.1 Å². The van der Waals surface area contributed by atoms with Crippen molar-refractivity contribution in [2.75, 3.05) is 0 Å². The molecule has 32 heavy (non-hydrogen) atoms. The van der Waals surface area contributed by atoms with Crippen LogP contribution in [0.3, 0.4) is 0 Å². The SMILES string of the molecule is NN=C(N)c1ccc(C2=NC(=Cc3c(O)n(Cc4ccccc4)c(=S)[nH]c3=O)C=C2)cc1. The number of nitrogens with zero attached hydrogens (tertiary/aromatic N) is 3. The van der Waals surface area contributed by atoms with Crippen molar-refractivity contribution >= 4 is 29.8 Å². The van der Waals surface area contributed by atoms with E-state index in [1.54, 1.807) is 18.2 Å². The lowest BCUT2D eigenvalue weighted by Crippen LogP contribution is -2.17. The number of allylic oxidation sites excluding steroid dienone is 2. The Balaban J connectivity index is 1.66. The lowest BCUT2D eigenvalue weighted by molar-refractivity contribution is 0.411. The fourth-order valence-electron chi connectivity index (χ4n) is 3.27. The first kappa shape index (κ1) is 21.0. The van der Waals surface area contributed by atoms with E-state index in [-0.39, 0.29) is 22.1 Å². The molecule has 8 nitrogen and oxygen atoms in total. The van der Waals surface area contributed by atoms with Crippen LogP contribution in [-0.2, 0) is 6.54 Å². The highest BCUT2D eigenvalue weighted by Gasteiger charge is 2.14. The molecule has 0 spiro atoms. The average molecular weight is 445 g/mol. The fraction of sp³-hybridized carbons (Fsp3) is 0.0435. The average Bonchev–Trinajstić information content (AvgIpc) is 3.28. The maximum absolute atomic E-state index is 12.5. The lowest BCUT2D eigenvalue weighted by atomic mass is 10.1. The first-order valence-electron chi connectivity index (χ1n) is 9.69. The van der Waals surface area contributed by atoms with Gasteiger partial charge in [0.25, 0.3) is 5.56 Å². The van der Waals surface area contributed by atoms with Gasteiger partial charge in [-0.2, -0.15) is 5.10 Å². The molecule has 0 aliphatic carbocycles. The predicted molar refractivity (Wildman–Crippen MR) is 128 cm³/mol. The molecule has 0 amide bonds. The van der Waals surface area contributed by atoms with Gasteiger partial charge in [0.15, 0.2) is 4.77 Å². The molecule has 0 atom stereocenters. The molecule has 4 rings (SSSR count). The summed E-state index contributed by atoms with van der Waals surface area (Å²) in [6, 6.07) is 16.8. The summed E-state index contributed by atoms with van der Waals surface area (Å²) in [5.74, 6) is 5.23. The summed E-state index contributed by atoms with van der Waals surface area (Å²) in [7, 11) is 0. The Bertz CT molecular complexity index is 1400. The molecule has 0 radical (unpaired) electrons. The Labute approximate surface area is 188 Å². The van der Waals surface area contributed by atoms with Gasteiger partial charge in [0.1, 0.15) is 11.4 Å². The summed E-state index contributed by atoms with van der Waals surface area (Å²) in [5, 5.41) is 14.3. The molecule has 0 saturated heterocycles. The second-order valence-electron chi connectivity index (χ2n) is 7.06. The predicted octanol–water partition coefficient (Wildman–Crippen LogP) is 2.64. The minimum Gasteiger partial charge on any atom is -0.494 e. The maximum Gasteiger partial charge on any atom is 0.262 e. The third-order valence-electron chi connectivity index (χ3n) is 4.96. The van der Waals surface area contributed by atoms with Crippen molar-refractivity contribution in [3.05, 3.63) is 110 Å². The molecule has 2 heterocycles. The van der Waals surface area contributed by atoms with Crippen molar-refractivity contribution in [1.29, 1.82) is 0 Å². The minimum absolute atomic E-state index is 0.0847. The summed E-state index contributed by atoms with van der Waals surface area (Å²) in [5.41, 5.74) is 9.05. The quantitative estimate of drug-likeness (QED) is 0.158. The third kappa shape index (κ3) is 4.28. The molecule has 1 aliphatic heterocycles. The van der Waals surface area contributed by atoms with E-state index in [2.05, 4.69) is 15.1 Å². The number of aromatic nitrogens is 2. The van der Waals surface area contributed by atoms with E-state index in [4.69, 9.17) is 23.8 Å². The number of hydrogen-bond donors (Lipinski definition) is 4. The summed E-state index contributed by atoms with van der Waals surface area (Å²) < 4.78 is 1.62. The summed E-state index contributed by atoms with van der Waals surface area (Å²) in [6.45, 7) is 0.324. The normalized spacial score (nSPS) is 14.7. The first-order valence-corrected chi connectivity index (χ1v) is 10.1. The number of aliphatic imine (C=N–C) groups is 1. The van der Waals surface area contributed by atoms with Crippen LogP contribution in [0.5, 0.6) is 5.88 Å². The van der Waals surface area contributed by atoms with Gasteiger partial charge in [-0.3, -0.25) is 14.3 Å². The Hall–Kier alpha value is -4.24. The monoisotopic (exact) mass is 444 g/mol. The second kappa shape index (κ2) is 8.86. The highest BCUT2D eigenvalue weighted by molar-refractivity contribution is 7.71. The van der Waals surface area contributed by atoms with Gasteiger partial charge in [-0.05, 0) is 36.0 Å². The third-order valence-corrected chi connectivity index (χ3v) is 5.28. The zero-order valence-electron chi connectivity index (χ0n) is 16.9. The largest absolute Gasteiger partial charge is 0.494 e. The number of aromatic amines is 1. The topological polar surface area (TPSA) is 135 Å². The molecule has 0 unspecified atom stereocenters. The van der Waals surface area contributed by atoms with E-state index in [1.807, 2.05) is 48.5 Å². The van der Waals surface area contributed by atoms with E-state index in [1.165, 1.54) is 10.6 Å². The van der Waals surface area contributed by atoms with Gasteiger partial charge >= 0.3 is 0 Å². The van der Waals surface area contributed by atoms with Crippen LogP contribution in [0.25, 0.3) is 6.08 Å². The molecule has 0 bridgehead atoms. The van der Waals surface area contributed by atoms with Gasteiger partial charge in [0.05, 0.1) is 18.0 Å². The van der Waals surface area contributed by atoms with Gasteiger partial charge in [0.2, 0.25) is 5.88 Å². The number of amidine groups is 1. The van der Waals surface area contributed by atoms with Crippen molar-refractivity contribution in [2.24, 2.45) is 21.7 Å². The number of benzene rings is 2. The van der Waals surface area contributed by atoms with Crippen LogP contribution in [0.15, 0.2) is 87.3 Å². The van der Waals surface area contributed by atoms with E-state index >= 15 is 0 Å². The summed E-state index contributed by atoms with van der Waals surface area (Å²) in [4.78, 5) is 19.7. The van der Waals surface area contributed by atoms with Crippen molar-refractivity contribution in [3.63, 3.8) is 0 Å². The van der Waals surface area contributed by atoms with E-state index < -0.39 is 5.56 Å². The Morgan fingerprint density at radius 2 is 1.88 bits per heavy atom. The molecular formula is C23H20N6O2S. The van der Waals surface area contributed by atoms with Gasteiger partial charge in [-0.15, -0.1) is 0 Å². The molecule has 1 aromatic heterocycles. The minimum atomic E-state index is -0.484. The highest BCUT2D eigenvalue weighted by atomic mass is 32.1.